The Morgan fingerprint density at radius 3 is 2.77 bits per heavy atom. The predicted molar refractivity (Wildman–Crippen MR) is 50.3 cm³/mol. The van der Waals surface area contributed by atoms with Crippen molar-refractivity contribution in [3.8, 4) is 12.1 Å². The van der Waals surface area contributed by atoms with Crippen LogP contribution in [0.1, 0.15) is 5.56 Å². The quantitative estimate of drug-likeness (QED) is 0.729. The summed E-state index contributed by atoms with van der Waals surface area (Å²) in [6.07, 6.45) is 0. The molecule has 0 aliphatic heterocycles. The molecule has 0 atom stereocenters. The highest BCUT2D eigenvalue weighted by molar-refractivity contribution is 6.30. The molecule has 0 spiro atoms. The van der Waals surface area contributed by atoms with Gasteiger partial charge in [0.25, 0.3) is 0 Å². The second kappa shape index (κ2) is 4.35. The zero-order valence-electron chi connectivity index (χ0n) is 6.71. The van der Waals surface area contributed by atoms with Crippen molar-refractivity contribution in [3.05, 3.63) is 28.8 Å². The molecule has 4 heteroatoms. The molecule has 0 aliphatic rings. The summed E-state index contributed by atoms with van der Waals surface area (Å²) in [5, 5.41) is 20.4. The molecule has 0 amide bonds. The Morgan fingerprint density at radius 1 is 1.38 bits per heavy atom. The number of nitriles is 2. The average Bonchev–Trinajstić information content (AvgIpc) is 2.15. The van der Waals surface area contributed by atoms with Crippen molar-refractivity contribution < 1.29 is 0 Å². The van der Waals surface area contributed by atoms with Gasteiger partial charge in [0.15, 0.2) is 0 Å². The molecule has 0 unspecified atom stereocenters. The van der Waals surface area contributed by atoms with Crippen molar-refractivity contribution in [2.24, 2.45) is 0 Å². The molecule has 0 aromatic heterocycles. The summed E-state index contributed by atoms with van der Waals surface area (Å²) in [6, 6.07) is 8.80. The molecule has 0 radical (unpaired) electrons. The fourth-order valence-electron chi connectivity index (χ4n) is 0.895. The summed E-state index contributed by atoms with van der Waals surface area (Å²) >= 11 is 5.72. The molecule has 1 aromatic rings. The number of benzene rings is 1. The van der Waals surface area contributed by atoms with Gasteiger partial charge in [0, 0.05) is 5.02 Å². The van der Waals surface area contributed by atoms with Crippen LogP contribution in [0.15, 0.2) is 18.2 Å². The smallest absolute Gasteiger partial charge is 0.103 e. The van der Waals surface area contributed by atoms with E-state index in [4.69, 9.17) is 22.1 Å². The van der Waals surface area contributed by atoms with Gasteiger partial charge in [-0.15, -0.1) is 0 Å². The Bertz CT molecular complexity index is 387. The second-order valence-corrected chi connectivity index (χ2v) is 2.75. The summed E-state index contributed by atoms with van der Waals surface area (Å²) in [4.78, 5) is 0. The van der Waals surface area contributed by atoms with Crippen molar-refractivity contribution in [3.63, 3.8) is 0 Å². The SMILES string of the molecule is N#CCNc1cc(Cl)ccc1C#N. The predicted octanol–water partition coefficient (Wildman–Crippen LogP) is 2.15. The van der Waals surface area contributed by atoms with Crippen molar-refractivity contribution in [1.82, 2.24) is 0 Å². The third kappa shape index (κ3) is 2.37. The zero-order valence-corrected chi connectivity index (χ0v) is 7.47. The molecular formula is C9H6ClN3. The Hall–Kier alpha value is -1.71. The molecule has 0 saturated carbocycles. The minimum absolute atomic E-state index is 0.162. The molecule has 0 heterocycles. The fraction of sp³-hybridized carbons (Fsp3) is 0.111. The van der Waals surface area contributed by atoms with E-state index in [-0.39, 0.29) is 6.54 Å². The third-order valence-corrected chi connectivity index (χ3v) is 1.70. The van der Waals surface area contributed by atoms with Crippen molar-refractivity contribution in [2.45, 2.75) is 0 Å². The van der Waals surface area contributed by atoms with Gasteiger partial charge >= 0.3 is 0 Å². The Morgan fingerprint density at radius 2 is 2.15 bits per heavy atom. The molecule has 1 aromatic carbocycles. The maximum Gasteiger partial charge on any atom is 0.103 e. The number of hydrogen-bond acceptors (Lipinski definition) is 3. The second-order valence-electron chi connectivity index (χ2n) is 2.31. The maximum atomic E-state index is 8.69. The van der Waals surface area contributed by atoms with Crippen LogP contribution in [0.25, 0.3) is 0 Å². The average molecular weight is 192 g/mol. The lowest BCUT2D eigenvalue weighted by Gasteiger charge is -2.03. The fourth-order valence-corrected chi connectivity index (χ4v) is 1.07. The Labute approximate surface area is 81.2 Å². The molecule has 1 N–H and O–H groups in total. The summed E-state index contributed by atoms with van der Waals surface area (Å²) in [7, 11) is 0. The van der Waals surface area contributed by atoms with Gasteiger partial charge < -0.3 is 5.32 Å². The van der Waals surface area contributed by atoms with E-state index in [9.17, 15) is 0 Å². The van der Waals surface area contributed by atoms with Gasteiger partial charge in [0.2, 0.25) is 0 Å². The lowest BCUT2D eigenvalue weighted by atomic mass is 10.2. The summed E-state index contributed by atoms with van der Waals surface area (Å²) in [6.45, 7) is 0.162. The van der Waals surface area contributed by atoms with E-state index >= 15 is 0 Å². The van der Waals surface area contributed by atoms with Crippen LogP contribution < -0.4 is 5.32 Å². The maximum absolute atomic E-state index is 8.69. The highest BCUT2D eigenvalue weighted by Crippen LogP contribution is 2.19. The molecule has 0 saturated heterocycles. The van der Waals surface area contributed by atoms with E-state index in [1.165, 1.54) is 0 Å². The summed E-state index contributed by atoms with van der Waals surface area (Å²) in [5.74, 6) is 0. The van der Waals surface area contributed by atoms with E-state index in [0.29, 0.717) is 16.3 Å². The normalized spacial score (nSPS) is 8.54. The minimum atomic E-state index is 0.162. The van der Waals surface area contributed by atoms with Crippen LogP contribution >= 0.6 is 11.6 Å². The van der Waals surface area contributed by atoms with Crippen LogP contribution in [0.4, 0.5) is 5.69 Å². The molecule has 0 aliphatic carbocycles. The zero-order chi connectivity index (χ0) is 9.68. The van der Waals surface area contributed by atoms with Crippen LogP contribution in [0.2, 0.25) is 5.02 Å². The topological polar surface area (TPSA) is 59.6 Å². The lowest BCUT2D eigenvalue weighted by Crippen LogP contribution is -2.00. The first-order valence-corrected chi connectivity index (χ1v) is 3.96. The molecular weight excluding hydrogens is 186 g/mol. The van der Waals surface area contributed by atoms with Gasteiger partial charge in [-0.1, -0.05) is 11.6 Å². The highest BCUT2D eigenvalue weighted by atomic mass is 35.5. The number of rotatable bonds is 2. The summed E-state index contributed by atoms with van der Waals surface area (Å²) in [5.41, 5.74) is 1.08. The molecule has 13 heavy (non-hydrogen) atoms. The summed E-state index contributed by atoms with van der Waals surface area (Å²) < 4.78 is 0. The van der Waals surface area contributed by atoms with Crippen LogP contribution in [0.3, 0.4) is 0 Å². The standard InChI is InChI=1S/C9H6ClN3/c10-8-2-1-7(6-12)9(5-8)13-4-3-11/h1-2,5,13H,4H2. The van der Waals surface area contributed by atoms with Crippen molar-refractivity contribution in [2.75, 3.05) is 11.9 Å². The van der Waals surface area contributed by atoms with Gasteiger partial charge in [-0.25, -0.2) is 0 Å². The third-order valence-electron chi connectivity index (χ3n) is 1.46. The van der Waals surface area contributed by atoms with Crippen molar-refractivity contribution >= 4 is 17.3 Å². The van der Waals surface area contributed by atoms with Crippen LogP contribution in [0, 0.1) is 22.7 Å². The van der Waals surface area contributed by atoms with Crippen molar-refractivity contribution in [1.29, 1.82) is 10.5 Å². The van der Waals surface area contributed by atoms with Crippen LogP contribution in [-0.2, 0) is 0 Å². The number of hydrogen-bond donors (Lipinski definition) is 1. The van der Waals surface area contributed by atoms with Crippen LogP contribution in [0.5, 0.6) is 0 Å². The van der Waals surface area contributed by atoms with E-state index in [1.807, 2.05) is 12.1 Å². The van der Waals surface area contributed by atoms with Gasteiger partial charge in [-0.05, 0) is 18.2 Å². The van der Waals surface area contributed by atoms with E-state index in [0.717, 1.165) is 0 Å². The molecule has 1 rings (SSSR count). The Balaban J connectivity index is 2.97. The first-order chi connectivity index (χ1) is 6.27. The Kier molecular flexibility index (Phi) is 3.14. The minimum Gasteiger partial charge on any atom is -0.371 e. The van der Waals surface area contributed by atoms with Gasteiger partial charge in [0.05, 0.1) is 17.3 Å². The molecule has 0 fully saturated rings. The number of anilines is 1. The monoisotopic (exact) mass is 191 g/mol. The molecule has 0 bridgehead atoms. The molecule has 3 nitrogen and oxygen atoms in total. The van der Waals surface area contributed by atoms with Gasteiger partial charge in [-0.3, -0.25) is 0 Å². The van der Waals surface area contributed by atoms with E-state index in [2.05, 4.69) is 5.32 Å². The van der Waals surface area contributed by atoms with Gasteiger partial charge in [0.1, 0.15) is 12.6 Å². The van der Waals surface area contributed by atoms with E-state index < -0.39 is 0 Å². The van der Waals surface area contributed by atoms with Crippen LogP contribution in [-0.4, -0.2) is 6.54 Å². The van der Waals surface area contributed by atoms with E-state index in [1.54, 1.807) is 18.2 Å². The first-order valence-electron chi connectivity index (χ1n) is 3.58. The highest BCUT2D eigenvalue weighted by Gasteiger charge is 2.00. The number of nitrogens with one attached hydrogen (secondary N) is 1. The van der Waals surface area contributed by atoms with Gasteiger partial charge in [-0.2, -0.15) is 10.5 Å². The number of halogens is 1. The molecule has 64 valence electrons. The lowest BCUT2D eigenvalue weighted by molar-refractivity contribution is 1.31. The largest absolute Gasteiger partial charge is 0.371 e. The number of nitrogens with zero attached hydrogens (tertiary/aromatic N) is 2. The first kappa shape index (κ1) is 9.38.